The van der Waals surface area contributed by atoms with Crippen LogP contribution in [0.4, 0.5) is 0 Å². The van der Waals surface area contributed by atoms with Gasteiger partial charge in [0.25, 0.3) is 5.91 Å². The summed E-state index contributed by atoms with van der Waals surface area (Å²) in [5, 5.41) is 4.40. The van der Waals surface area contributed by atoms with Gasteiger partial charge in [0.05, 0.1) is 13.5 Å². The van der Waals surface area contributed by atoms with Gasteiger partial charge in [0.1, 0.15) is 6.04 Å². The normalized spacial score (nSPS) is 11.4. The Hall–Kier alpha value is -2.67. The third kappa shape index (κ3) is 6.39. The standard InChI is InChI=1S/C18H19NO5S/c1-23-18(22)15(10-13-6-3-2-4-7-13)19-16(20)12-24-17(21)11-14-8-5-9-25-14/h2-9,15H,10-12H2,1H3,(H,19,20). The average molecular weight is 361 g/mol. The van der Waals surface area contributed by atoms with Gasteiger partial charge >= 0.3 is 11.9 Å². The van der Waals surface area contributed by atoms with Gasteiger partial charge in [-0.05, 0) is 17.0 Å². The molecule has 1 N–H and O–H groups in total. The lowest BCUT2D eigenvalue weighted by Gasteiger charge is -2.16. The lowest BCUT2D eigenvalue weighted by atomic mass is 10.1. The summed E-state index contributed by atoms with van der Waals surface area (Å²) in [4.78, 5) is 36.4. The van der Waals surface area contributed by atoms with Crippen LogP contribution in [0.25, 0.3) is 0 Å². The third-order valence-electron chi connectivity index (χ3n) is 3.37. The summed E-state index contributed by atoms with van der Waals surface area (Å²) < 4.78 is 9.67. The van der Waals surface area contributed by atoms with Crippen molar-refractivity contribution >= 4 is 29.2 Å². The Balaban J connectivity index is 1.84. The monoisotopic (exact) mass is 361 g/mol. The van der Waals surface area contributed by atoms with Gasteiger partial charge in [-0.15, -0.1) is 11.3 Å². The first-order valence-corrected chi connectivity index (χ1v) is 8.55. The third-order valence-corrected chi connectivity index (χ3v) is 4.24. The first kappa shape index (κ1) is 18.7. The molecule has 0 aliphatic carbocycles. The van der Waals surface area contributed by atoms with Crippen LogP contribution >= 0.6 is 11.3 Å². The number of thiophene rings is 1. The zero-order valence-electron chi connectivity index (χ0n) is 13.8. The van der Waals surface area contributed by atoms with Crippen LogP contribution in [-0.4, -0.2) is 37.6 Å². The summed E-state index contributed by atoms with van der Waals surface area (Å²) in [6.07, 6.45) is 0.414. The highest BCUT2D eigenvalue weighted by atomic mass is 32.1. The molecule has 0 saturated carbocycles. The number of carbonyl (C=O) groups excluding carboxylic acids is 3. The molecule has 1 unspecified atom stereocenters. The number of benzene rings is 1. The molecule has 25 heavy (non-hydrogen) atoms. The van der Waals surface area contributed by atoms with E-state index >= 15 is 0 Å². The van der Waals surface area contributed by atoms with Gasteiger partial charge < -0.3 is 14.8 Å². The number of amides is 1. The Kier molecular flexibility index (Phi) is 7.16. The summed E-state index contributed by atoms with van der Waals surface area (Å²) in [7, 11) is 1.26. The molecule has 1 aromatic heterocycles. The van der Waals surface area contributed by atoms with E-state index in [-0.39, 0.29) is 6.42 Å². The molecule has 1 heterocycles. The number of carbonyl (C=O) groups is 3. The van der Waals surface area contributed by atoms with Gasteiger partial charge in [-0.2, -0.15) is 0 Å². The van der Waals surface area contributed by atoms with E-state index in [1.807, 2.05) is 47.8 Å². The first-order valence-electron chi connectivity index (χ1n) is 7.67. The zero-order valence-corrected chi connectivity index (χ0v) is 14.6. The molecule has 1 aromatic carbocycles. The van der Waals surface area contributed by atoms with E-state index in [4.69, 9.17) is 9.47 Å². The highest BCUT2D eigenvalue weighted by Crippen LogP contribution is 2.09. The zero-order chi connectivity index (χ0) is 18.1. The minimum absolute atomic E-state index is 0.120. The van der Waals surface area contributed by atoms with Crippen molar-refractivity contribution in [1.82, 2.24) is 5.32 Å². The lowest BCUT2D eigenvalue weighted by molar-refractivity contribution is -0.149. The average Bonchev–Trinajstić information content (AvgIpc) is 3.12. The molecule has 0 radical (unpaired) electrons. The van der Waals surface area contributed by atoms with Crippen LogP contribution in [0, 0.1) is 0 Å². The Morgan fingerprint density at radius 3 is 2.52 bits per heavy atom. The second-order valence-corrected chi connectivity index (χ2v) is 6.28. The molecule has 0 spiro atoms. The topological polar surface area (TPSA) is 81.7 Å². The Labute approximate surface area is 149 Å². The van der Waals surface area contributed by atoms with Crippen molar-refractivity contribution in [3.63, 3.8) is 0 Å². The van der Waals surface area contributed by atoms with Crippen LogP contribution < -0.4 is 5.32 Å². The Morgan fingerprint density at radius 1 is 1.12 bits per heavy atom. The smallest absolute Gasteiger partial charge is 0.328 e. The fraction of sp³-hybridized carbons (Fsp3) is 0.278. The van der Waals surface area contributed by atoms with E-state index in [0.717, 1.165) is 10.4 Å². The number of ether oxygens (including phenoxy) is 2. The molecular weight excluding hydrogens is 342 g/mol. The molecule has 2 aromatic rings. The van der Waals surface area contributed by atoms with E-state index in [2.05, 4.69) is 5.32 Å². The molecule has 0 aliphatic heterocycles. The fourth-order valence-electron chi connectivity index (χ4n) is 2.17. The molecule has 2 rings (SSSR count). The summed E-state index contributed by atoms with van der Waals surface area (Å²) in [6, 6.07) is 12.1. The molecule has 1 amide bonds. The SMILES string of the molecule is COC(=O)C(Cc1ccccc1)NC(=O)COC(=O)Cc1cccs1. The largest absolute Gasteiger partial charge is 0.467 e. The van der Waals surface area contributed by atoms with Crippen LogP contribution in [0.2, 0.25) is 0 Å². The van der Waals surface area contributed by atoms with E-state index < -0.39 is 30.5 Å². The molecule has 132 valence electrons. The van der Waals surface area contributed by atoms with Gasteiger partial charge in [-0.1, -0.05) is 36.4 Å². The highest BCUT2D eigenvalue weighted by molar-refractivity contribution is 7.10. The summed E-state index contributed by atoms with van der Waals surface area (Å²) in [5.41, 5.74) is 0.882. The van der Waals surface area contributed by atoms with Crippen molar-refractivity contribution in [2.45, 2.75) is 18.9 Å². The minimum atomic E-state index is -0.837. The molecule has 6 nitrogen and oxygen atoms in total. The highest BCUT2D eigenvalue weighted by Gasteiger charge is 2.22. The van der Waals surface area contributed by atoms with Gasteiger partial charge in [-0.25, -0.2) is 4.79 Å². The van der Waals surface area contributed by atoms with E-state index in [1.54, 1.807) is 0 Å². The van der Waals surface area contributed by atoms with Crippen LogP contribution in [0.15, 0.2) is 47.8 Å². The van der Waals surface area contributed by atoms with Crippen molar-refractivity contribution in [1.29, 1.82) is 0 Å². The van der Waals surface area contributed by atoms with Crippen molar-refractivity contribution < 1.29 is 23.9 Å². The molecule has 0 saturated heterocycles. The second-order valence-electron chi connectivity index (χ2n) is 5.25. The van der Waals surface area contributed by atoms with Crippen molar-refractivity contribution in [2.24, 2.45) is 0 Å². The van der Waals surface area contributed by atoms with Gasteiger partial charge in [0, 0.05) is 11.3 Å². The number of rotatable bonds is 8. The van der Waals surface area contributed by atoms with E-state index in [1.165, 1.54) is 18.4 Å². The van der Waals surface area contributed by atoms with Crippen LogP contribution in [0.1, 0.15) is 10.4 Å². The predicted octanol–water partition coefficient (Wildman–Crippen LogP) is 1.73. The first-order chi connectivity index (χ1) is 12.1. The van der Waals surface area contributed by atoms with E-state index in [9.17, 15) is 14.4 Å². The quantitative estimate of drug-likeness (QED) is 0.724. The minimum Gasteiger partial charge on any atom is -0.467 e. The second kappa shape index (κ2) is 9.58. The lowest BCUT2D eigenvalue weighted by Crippen LogP contribution is -2.44. The predicted molar refractivity (Wildman–Crippen MR) is 93.1 cm³/mol. The number of nitrogens with one attached hydrogen (secondary N) is 1. The molecule has 0 fully saturated rings. The summed E-state index contributed by atoms with van der Waals surface area (Å²) in [6.45, 7) is -0.438. The molecule has 1 atom stereocenters. The number of methoxy groups -OCH3 is 1. The van der Waals surface area contributed by atoms with Crippen molar-refractivity contribution in [3.05, 3.63) is 58.3 Å². The fourth-order valence-corrected chi connectivity index (χ4v) is 2.86. The van der Waals surface area contributed by atoms with Crippen LogP contribution in [-0.2, 0) is 36.7 Å². The maximum Gasteiger partial charge on any atom is 0.328 e. The summed E-state index contributed by atoms with van der Waals surface area (Å²) >= 11 is 1.44. The van der Waals surface area contributed by atoms with Crippen LogP contribution in [0.3, 0.4) is 0 Å². The summed E-state index contributed by atoms with van der Waals surface area (Å²) in [5.74, 6) is -1.59. The van der Waals surface area contributed by atoms with Crippen molar-refractivity contribution in [3.8, 4) is 0 Å². The molecule has 0 bridgehead atoms. The Morgan fingerprint density at radius 2 is 1.88 bits per heavy atom. The maximum absolute atomic E-state index is 12.0. The number of esters is 2. The molecular formula is C18H19NO5S. The van der Waals surface area contributed by atoms with Gasteiger partial charge in [0.15, 0.2) is 6.61 Å². The van der Waals surface area contributed by atoms with Crippen LogP contribution in [0.5, 0.6) is 0 Å². The van der Waals surface area contributed by atoms with E-state index in [0.29, 0.717) is 6.42 Å². The van der Waals surface area contributed by atoms with Gasteiger partial charge in [-0.3, -0.25) is 9.59 Å². The Bertz CT molecular complexity index is 700. The molecule has 7 heteroatoms. The van der Waals surface area contributed by atoms with Crippen molar-refractivity contribution in [2.75, 3.05) is 13.7 Å². The van der Waals surface area contributed by atoms with Gasteiger partial charge in [0.2, 0.25) is 0 Å². The maximum atomic E-state index is 12.0. The molecule has 0 aliphatic rings. The number of hydrogen-bond donors (Lipinski definition) is 1. The number of hydrogen-bond acceptors (Lipinski definition) is 6.